The summed E-state index contributed by atoms with van der Waals surface area (Å²) in [6, 6.07) is 0. The minimum Gasteiger partial charge on any atom is -0.0651 e. The Morgan fingerprint density at radius 1 is 0.789 bits per heavy atom. The van der Waals surface area contributed by atoms with E-state index in [2.05, 4.69) is 40.5 Å². The summed E-state index contributed by atoms with van der Waals surface area (Å²) in [6.07, 6.45) is 15.1. The molecule has 0 heterocycles. The van der Waals surface area contributed by atoms with E-state index in [0.717, 1.165) is 35.5 Å². The molecule has 110 valence electrons. The lowest BCUT2D eigenvalue weighted by molar-refractivity contribution is 0.141. The quantitative estimate of drug-likeness (QED) is 0.589. The molecule has 0 aromatic carbocycles. The summed E-state index contributed by atoms with van der Waals surface area (Å²) in [5.41, 5.74) is 0. The van der Waals surface area contributed by atoms with Crippen molar-refractivity contribution < 1.29 is 0 Å². The fraction of sp³-hybridized carbons (Fsp3) is 0.895. The van der Waals surface area contributed by atoms with Crippen LogP contribution in [0.25, 0.3) is 0 Å². The van der Waals surface area contributed by atoms with Crippen LogP contribution in [0.2, 0.25) is 0 Å². The van der Waals surface area contributed by atoms with Crippen LogP contribution < -0.4 is 0 Å². The molecule has 6 unspecified atom stereocenters. The molecular weight excluding hydrogens is 228 g/mol. The van der Waals surface area contributed by atoms with E-state index in [0.29, 0.717) is 0 Å². The van der Waals surface area contributed by atoms with E-state index < -0.39 is 0 Å². The van der Waals surface area contributed by atoms with Crippen LogP contribution in [0.5, 0.6) is 0 Å². The molecular formula is C19H34. The summed E-state index contributed by atoms with van der Waals surface area (Å²) in [4.78, 5) is 0. The van der Waals surface area contributed by atoms with Crippen molar-refractivity contribution in [2.75, 3.05) is 0 Å². The Bertz CT molecular complexity index is 231. The molecule has 6 atom stereocenters. The molecule has 0 spiro atoms. The normalized spacial score (nSPS) is 44.2. The summed E-state index contributed by atoms with van der Waals surface area (Å²) in [5, 5.41) is 0. The molecule has 2 aliphatic rings. The minimum atomic E-state index is 0.911. The van der Waals surface area contributed by atoms with Gasteiger partial charge in [0.05, 0.1) is 0 Å². The molecule has 0 aromatic rings. The first-order valence-corrected chi connectivity index (χ1v) is 8.80. The predicted molar refractivity (Wildman–Crippen MR) is 84.6 cm³/mol. The number of hydrogen-bond donors (Lipinski definition) is 0. The zero-order valence-electron chi connectivity index (χ0n) is 13.6. The third-order valence-corrected chi connectivity index (χ3v) is 6.16. The second-order valence-corrected chi connectivity index (χ2v) is 7.46. The zero-order valence-corrected chi connectivity index (χ0v) is 13.6. The van der Waals surface area contributed by atoms with Gasteiger partial charge < -0.3 is 0 Å². The molecule has 2 rings (SSSR count). The van der Waals surface area contributed by atoms with E-state index in [1.54, 1.807) is 0 Å². The van der Waals surface area contributed by atoms with Gasteiger partial charge in [-0.1, -0.05) is 40.5 Å². The van der Waals surface area contributed by atoms with Gasteiger partial charge in [0.1, 0.15) is 0 Å². The lowest BCUT2D eigenvalue weighted by Crippen LogP contribution is -2.30. The zero-order chi connectivity index (χ0) is 13.8. The maximum absolute atomic E-state index is 2.61. The van der Waals surface area contributed by atoms with Crippen molar-refractivity contribution in [1.29, 1.82) is 0 Å². The van der Waals surface area contributed by atoms with Crippen LogP contribution in [0.3, 0.4) is 0 Å². The molecule has 0 aliphatic heterocycles. The third kappa shape index (κ3) is 3.99. The van der Waals surface area contributed by atoms with E-state index in [4.69, 9.17) is 0 Å². The van der Waals surface area contributed by atoms with Crippen LogP contribution >= 0.6 is 0 Å². The summed E-state index contributed by atoms with van der Waals surface area (Å²) in [5.74, 6) is 5.68. The lowest BCUT2D eigenvalue weighted by Gasteiger charge is -2.40. The van der Waals surface area contributed by atoms with Crippen LogP contribution in [0.1, 0.15) is 72.6 Å². The van der Waals surface area contributed by atoms with Gasteiger partial charge in [-0.3, -0.25) is 0 Å². The summed E-state index contributed by atoms with van der Waals surface area (Å²) in [7, 11) is 0. The molecule has 2 aliphatic carbocycles. The molecule has 0 nitrogen and oxygen atoms in total. The maximum Gasteiger partial charge on any atom is -0.0352 e. The van der Waals surface area contributed by atoms with Crippen LogP contribution in [0.15, 0.2) is 0 Å². The Morgan fingerprint density at radius 2 is 1.21 bits per heavy atom. The first-order chi connectivity index (χ1) is 9.13. The van der Waals surface area contributed by atoms with E-state index in [1.807, 2.05) is 0 Å². The molecule has 2 radical (unpaired) electrons. The largest absolute Gasteiger partial charge is 0.0651 e. The second-order valence-electron chi connectivity index (χ2n) is 7.46. The van der Waals surface area contributed by atoms with Gasteiger partial charge >= 0.3 is 0 Å². The van der Waals surface area contributed by atoms with Crippen molar-refractivity contribution in [2.45, 2.75) is 72.6 Å². The van der Waals surface area contributed by atoms with Gasteiger partial charge in [-0.25, -0.2) is 0 Å². The van der Waals surface area contributed by atoms with Crippen LogP contribution in [0.4, 0.5) is 0 Å². The van der Waals surface area contributed by atoms with Crippen molar-refractivity contribution in [1.82, 2.24) is 0 Å². The Labute approximate surface area is 121 Å². The summed E-state index contributed by atoms with van der Waals surface area (Å²) < 4.78 is 0. The van der Waals surface area contributed by atoms with Crippen molar-refractivity contribution in [2.24, 2.45) is 35.5 Å². The summed E-state index contributed by atoms with van der Waals surface area (Å²) >= 11 is 0. The number of rotatable bonds is 4. The molecule has 0 saturated heterocycles. The molecule has 0 aromatic heterocycles. The van der Waals surface area contributed by atoms with Crippen LogP contribution in [-0.4, -0.2) is 0 Å². The molecule has 0 amide bonds. The Balaban J connectivity index is 1.90. The summed E-state index contributed by atoms with van der Waals surface area (Å²) in [6.45, 7) is 9.70. The Morgan fingerprint density at radius 3 is 1.58 bits per heavy atom. The Hall–Kier alpha value is 0. The first-order valence-electron chi connectivity index (χ1n) is 8.80. The van der Waals surface area contributed by atoms with E-state index in [1.165, 1.54) is 44.9 Å². The van der Waals surface area contributed by atoms with E-state index in [9.17, 15) is 0 Å². The van der Waals surface area contributed by atoms with Crippen molar-refractivity contribution >= 4 is 0 Å². The standard InChI is InChI=1S/C19H34/c1-5-16-9-7-14(3)18(11-16)13-19-12-17(6-2)10-8-15(19)4/h9-10,14-19H,5-8,11-13H2,1-4H3. The average Bonchev–Trinajstić information content (AvgIpc) is 2.43. The minimum absolute atomic E-state index is 0.911. The molecule has 2 saturated carbocycles. The molecule has 0 N–H and O–H groups in total. The number of hydrogen-bond acceptors (Lipinski definition) is 0. The van der Waals surface area contributed by atoms with Crippen LogP contribution in [-0.2, 0) is 0 Å². The first kappa shape index (κ1) is 15.4. The van der Waals surface area contributed by atoms with E-state index >= 15 is 0 Å². The predicted octanol–water partition coefficient (Wildman–Crippen LogP) is 5.93. The highest BCUT2D eigenvalue weighted by molar-refractivity contribution is 4.93. The highest BCUT2D eigenvalue weighted by atomic mass is 14.4. The van der Waals surface area contributed by atoms with Gasteiger partial charge in [0.2, 0.25) is 0 Å². The highest BCUT2D eigenvalue weighted by Gasteiger charge is 2.33. The van der Waals surface area contributed by atoms with Gasteiger partial charge in [0.25, 0.3) is 0 Å². The van der Waals surface area contributed by atoms with Crippen molar-refractivity contribution in [3.63, 3.8) is 0 Å². The third-order valence-electron chi connectivity index (χ3n) is 6.16. The Kier molecular flexibility index (Phi) is 5.78. The maximum atomic E-state index is 2.61. The van der Waals surface area contributed by atoms with Gasteiger partial charge in [0, 0.05) is 0 Å². The molecule has 2 fully saturated rings. The smallest absolute Gasteiger partial charge is 0.0352 e. The van der Waals surface area contributed by atoms with Crippen molar-refractivity contribution in [3.8, 4) is 0 Å². The topological polar surface area (TPSA) is 0 Å². The average molecular weight is 262 g/mol. The highest BCUT2D eigenvalue weighted by Crippen LogP contribution is 2.43. The van der Waals surface area contributed by atoms with Crippen molar-refractivity contribution in [3.05, 3.63) is 12.8 Å². The fourth-order valence-corrected chi connectivity index (χ4v) is 4.35. The fourth-order valence-electron chi connectivity index (χ4n) is 4.35. The molecule has 0 heteroatoms. The van der Waals surface area contributed by atoms with Gasteiger partial charge in [-0.15, -0.1) is 0 Å². The van der Waals surface area contributed by atoms with Gasteiger partial charge in [-0.05, 0) is 80.5 Å². The SMILES string of the molecule is CCC1[CH]CC(C)C(CC2CC(CC)[CH]CC2C)C1. The van der Waals surface area contributed by atoms with E-state index in [-0.39, 0.29) is 0 Å². The van der Waals surface area contributed by atoms with Gasteiger partial charge in [0.15, 0.2) is 0 Å². The second kappa shape index (κ2) is 7.14. The molecule has 0 bridgehead atoms. The molecule has 19 heavy (non-hydrogen) atoms. The monoisotopic (exact) mass is 262 g/mol. The van der Waals surface area contributed by atoms with Crippen LogP contribution in [0, 0.1) is 48.3 Å². The lowest BCUT2D eigenvalue weighted by atomic mass is 9.65. The van der Waals surface area contributed by atoms with Gasteiger partial charge in [-0.2, -0.15) is 0 Å².